The number of rotatable bonds is 8. The van der Waals surface area contributed by atoms with Gasteiger partial charge in [0.15, 0.2) is 0 Å². The average molecular weight is 439 g/mol. The van der Waals surface area contributed by atoms with E-state index >= 15 is 0 Å². The highest BCUT2D eigenvalue weighted by Gasteiger charge is 2.31. The summed E-state index contributed by atoms with van der Waals surface area (Å²) in [6.07, 6.45) is 6.91. The van der Waals surface area contributed by atoms with Crippen LogP contribution < -0.4 is 5.32 Å². The van der Waals surface area contributed by atoms with Gasteiger partial charge in [-0.2, -0.15) is 0 Å². The first kappa shape index (κ1) is 22.0. The van der Waals surface area contributed by atoms with Crippen LogP contribution in [-0.4, -0.2) is 55.8 Å². The summed E-state index contributed by atoms with van der Waals surface area (Å²) in [6.45, 7) is 0.390. The van der Waals surface area contributed by atoms with Gasteiger partial charge in [0.05, 0.1) is 31.4 Å². The molecule has 9 heteroatoms. The lowest BCUT2D eigenvalue weighted by Gasteiger charge is -2.36. The molecule has 1 aliphatic heterocycles. The van der Waals surface area contributed by atoms with E-state index in [2.05, 4.69) is 20.6 Å². The number of benzene rings is 1. The van der Waals surface area contributed by atoms with E-state index in [1.54, 1.807) is 53.6 Å². The molecule has 0 bridgehead atoms. The predicted molar refractivity (Wildman–Crippen MR) is 115 cm³/mol. The highest BCUT2D eigenvalue weighted by atomic mass is 19.1. The van der Waals surface area contributed by atoms with Crippen molar-refractivity contribution in [1.29, 1.82) is 0 Å². The zero-order valence-corrected chi connectivity index (χ0v) is 17.6. The first-order valence-corrected chi connectivity index (χ1v) is 10.7. The van der Waals surface area contributed by atoms with E-state index in [-0.39, 0.29) is 36.9 Å². The Morgan fingerprint density at radius 3 is 2.81 bits per heavy atom. The topological polar surface area (TPSA) is 102 Å². The number of nitrogens with zero attached hydrogens (tertiary/aromatic N) is 4. The Morgan fingerprint density at radius 2 is 2.03 bits per heavy atom. The summed E-state index contributed by atoms with van der Waals surface area (Å²) in [6, 6.07) is 9.83. The van der Waals surface area contributed by atoms with Gasteiger partial charge in [0.2, 0.25) is 5.91 Å². The molecule has 1 fully saturated rings. The maximum atomic E-state index is 13.9. The summed E-state index contributed by atoms with van der Waals surface area (Å²) in [5, 5.41) is 20.9. The van der Waals surface area contributed by atoms with Crippen LogP contribution in [-0.2, 0) is 22.5 Å². The summed E-state index contributed by atoms with van der Waals surface area (Å²) < 4.78 is 21.6. The van der Waals surface area contributed by atoms with Gasteiger partial charge in [-0.15, -0.1) is 5.10 Å². The molecule has 8 nitrogen and oxygen atoms in total. The van der Waals surface area contributed by atoms with Crippen molar-refractivity contribution >= 4 is 5.91 Å². The zero-order valence-electron chi connectivity index (χ0n) is 17.6. The molecule has 1 aliphatic rings. The molecule has 32 heavy (non-hydrogen) atoms. The number of hydrogen-bond acceptors (Lipinski definition) is 6. The number of hydrogen-bond donors (Lipinski definition) is 2. The summed E-state index contributed by atoms with van der Waals surface area (Å²) >= 11 is 0. The minimum atomic E-state index is -0.458. The molecule has 168 valence electrons. The Morgan fingerprint density at radius 1 is 1.22 bits per heavy atom. The van der Waals surface area contributed by atoms with Crippen LogP contribution in [0.2, 0.25) is 0 Å². The summed E-state index contributed by atoms with van der Waals surface area (Å²) in [5.41, 5.74) is 1.78. The number of carbonyl (C=O) groups is 1. The first-order chi connectivity index (χ1) is 15.6. The SMILES string of the molecule is O=C(Cc1ccncc1)N[C@H]1CC[C@H](CCn2cc(-c3ccccc3F)nn2)O[C@H]1CO. The molecule has 0 radical (unpaired) electrons. The van der Waals surface area contributed by atoms with Crippen molar-refractivity contribution in [2.75, 3.05) is 6.61 Å². The van der Waals surface area contributed by atoms with Gasteiger partial charge in [0, 0.05) is 24.5 Å². The molecular weight excluding hydrogens is 413 g/mol. The molecule has 3 heterocycles. The van der Waals surface area contributed by atoms with Gasteiger partial charge in [0.25, 0.3) is 0 Å². The van der Waals surface area contributed by atoms with Crippen molar-refractivity contribution in [2.45, 2.75) is 50.5 Å². The van der Waals surface area contributed by atoms with Gasteiger partial charge in [-0.3, -0.25) is 14.5 Å². The Kier molecular flexibility index (Phi) is 7.18. The van der Waals surface area contributed by atoms with Crippen LogP contribution in [0, 0.1) is 5.82 Å². The fraction of sp³-hybridized carbons (Fsp3) is 0.391. The first-order valence-electron chi connectivity index (χ1n) is 10.7. The molecule has 0 saturated carbocycles. The van der Waals surface area contributed by atoms with Crippen LogP contribution in [0.15, 0.2) is 55.0 Å². The zero-order chi connectivity index (χ0) is 22.3. The second-order valence-corrected chi connectivity index (χ2v) is 7.90. The monoisotopic (exact) mass is 439 g/mol. The van der Waals surface area contributed by atoms with Gasteiger partial charge < -0.3 is 15.2 Å². The van der Waals surface area contributed by atoms with Crippen LogP contribution in [0.25, 0.3) is 11.3 Å². The normalized spacial score (nSPS) is 20.8. The molecule has 3 atom stereocenters. The molecule has 2 N–H and O–H groups in total. The molecular formula is C23H26FN5O3. The van der Waals surface area contributed by atoms with Gasteiger partial charge in [-0.25, -0.2) is 4.39 Å². The number of pyridine rings is 1. The second kappa shape index (κ2) is 10.4. The standard InChI is InChI=1S/C23H26FN5O3/c24-19-4-2-1-3-18(19)21-14-29(28-27-21)12-9-17-5-6-20(22(15-30)32-17)26-23(31)13-16-7-10-25-11-8-16/h1-4,7-8,10-11,14,17,20,22,30H,5-6,9,12-13,15H2,(H,26,31)/t17-,20+,22+/m1/s1. The van der Waals surface area contributed by atoms with E-state index in [0.717, 1.165) is 18.4 Å². The molecule has 1 amide bonds. The fourth-order valence-electron chi connectivity index (χ4n) is 3.93. The average Bonchev–Trinajstić information content (AvgIpc) is 3.28. The van der Waals surface area contributed by atoms with E-state index in [4.69, 9.17) is 4.74 Å². The third-order valence-corrected chi connectivity index (χ3v) is 5.62. The minimum absolute atomic E-state index is 0.0680. The van der Waals surface area contributed by atoms with Crippen LogP contribution >= 0.6 is 0 Å². The van der Waals surface area contributed by atoms with Gasteiger partial charge in [0.1, 0.15) is 17.6 Å². The number of aryl methyl sites for hydroxylation is 1. The lowest BCUT2D eigenvalue weighted by molar-refractivity contribution is -0.128. The lowest BCUT2D eigenvalue weighted by atomic mass is 9.96. The summed E-state index contributed by atoms with van der Waals surface area (Å²) in [7, 11) is 0. The summed E-state index contributed by atoms with van der Waals surface area (Å²) in [4.78, 5) is 16.3. The highest BCUT2D eigenvalue weighted by molar-refractivity contribution is 5.78. The largest absolute Gasteiger partial charge is 0.394 e. The minimum Gasteiger partial charge on any atom is -0.394 e. The number of halogens is 1. The van der Waals surface area contributed by atoms with Crippen LogP contribution in [0.4, 0.5) is 4.39 Å². The summed E-state index contributed by atoms with van der Waals surface area (Å²) in [5.74, 6) is -0.442. The quantitative estimate of drug-likeness (QED) is 0.558. The van der Waals surface area contributed by atoms with Gasteiger partial charge >= 0.3 is 0 Å². The number of aliphatic hydroxyl groups is 1. The lowest BCUT2D eigenvalue weighted by Crippen LogP contribution is -2.51. The van der Waals surface area contributed by atoms with E-state index in [1.807, 2.05) is 0 Å². The number of carbonyl (C=O) groups excluding carboxylic acids is 1. The fourth-order valence-corrected chi connectivity index (χ4v) is 3.93. The Hall–Kier alpha value is -3.17. The second-order valence-electron chi connectivity index (χ2n) is 7.90. The van der Waals surface area contributed by atoms with Crippen molar-refractivity contribution in [2.24, 2.45) is 0 Å². The van der Waals surface area contributed by atoms with E-state index in [9.17, 15) is 14.3 Å². The number of ether oxygens (including phenoxy) is 1. The van der Waals surface area contributed by atoms with Gasteiger partial charge in [-0.1, -0.05) is 17.3 Å². The van der Waals surface area contributed by atoms with Crippen molar-refractivity contribution in [1.82, 2.24) is 25.3 Å². The molecule has 3 aromatic rings. The Bertz CT molecular complexity index is 1030. The van der Waals surface area contributed by atoms with Crippen LogP contribution in [0.5, 0.6) is 0 Å². The van der Waals surface area contributed by atoms with Crippen molar-refractivity contribution in [3.05, 3.63) is 66.4 Å². The number of amides is 1. The molecule has 1 saturated heterocycles. The van der Waals surface area contributed by atoms with Crippen molar-refractivity contribution in [3.63, 3.8) is 0 Å². The Labute approximate surface area is 185 Å². The highest BCUT2D eigenvalue weighted by Crippen LogP contribution is 2.23. The van der Waals surface area contributed by atoms with Crippen molar-refractivity contribution < 1.29 is 19.0 Å². The maximum absolute atomic E-state index is 13.9. The van der Waals surface area contributed by atoms with E-state index in [1.165, 1.54) is 6.07 Å². The number of nitrogens with one attached hydrogen (secondary N) is 1. The third-order valence-electron chi connectivity index (χ3n) is 5.62. The predicted octanol–water partition coefficient (Wildman–Crippen LogP) is 2.14. The molecule has 0 spiro atoms. The van der Waals surface area contributed by atoms with Gasteiger partial charge in [-0.05, 0) is 49.1 Å². The smallest absolute Gasteiger partial charge is 0.224 e. The van der Waals surface area contributed by atoms with Crippen LogP contribution in [0.3, 0.4) is 0 Å². The maximum Gasteiger partial charge on any atom is 0.224 e. The molecule has 0 aliphatic carbocycles. The Balaban J connectivity index is 1.27. The third kappa shape index (κ3) is 5.54. The molecule has 2 aromatic heterocycles. The molecule has 1 aromatic carbocycles. The van der Waals surface area contributed by atoms with Crippen molar-refractivity contribution in [3.8, 4) is 11.3 Å². The number of aliphatic hydroxyl groups excluding tert-OH is 1. The van der Waals surface area contributed by atoms with E-state index < -0.39 is 6.10 Å². The molecule has 0 unspecified atom stereocenters. The molecule has 4 rings (SSSR count). The van der Waals surface area contributed by atoms with Crippen LogP contribution in [0.1, 0.15) is 24.8 Å². The van der Waals surface area contributed by atoms with E-state index in [0.29, 0.717) is 24.2 Å². The number of aromatic nitrogens is 4.